The molecule has 1 atom stereocenters. The fraction of sp³-hybridized carbons (Fsp3) is 0.750. The summed E-state index contributed by atoms with van der Waals surface area (Å²) in [5.41, 5.74) is 1.14. The van der Waals surface area contributed by atoms with Crippen LogP contribution in [0.3, 0.4) is 0 Å². The molecule has 3 N–H and O–H groups in total. The number of sulfonamides is 1. The number of aryl methyl sites for hydroxylation is 1. The lowest BCUT2D eigenvalue weighted by Gasteiger charge is -2.11. The Hall–Kier alpha value is -0.570. The van der Waals surface area contributed by atoms with Gasteiger partial charge in [-0.15, -0.1) is 0 Å². The van der Waals surface area contributed by atoms with Gasteiger partial charge in [-0.2, -0.15) is 16.9 Å². The lowest BCUT2D eigenvalue weighted by molar-refractivity contribution is 0.575. The third kappa shape index (κ3) is 3.75. The van der Waals surface area contributed by atoms with Crippen LogP contribution in [0.1, 0.15) is 31.2 Å². The van der Waals surface area contributed by atoms with Crippen molar-refractivity contribution in [3.63, 3.8) is 0 Å². The number of aromatic nitrogens is 2. The van der Waals surface area contributed by atoms with Gasteiger partial charge in [0.1, 0.15) is 4.90 Å². The number of thioether (sulfide) groups is 1. The van der Waals surface area contributed by atoms with Crippen molar-refractivity contribution in [3.8, 4) is 0 Å². The highest BCUT2D eigenvalue weighted by molar-refractivity contribution is 8.00. The number of aromatic amines is 1. The molecule has 0 bridgehead atoms. The van der Waals surface area contributed by atoms with E-state index in [0.717, 1.165) is 18.7 Å². The van der Waals surface area contributed by atoms with E-state index >= 15 is 0 Å². The van der Waals surface area contributed by atoms with Crippen molar-refractivity contribution in [2.75, 3.05) is 18.8 Å². The van der Waals surface area contributed by atoms with Crippen LogP contribution in [-0.4, -0.2) is 42.7 Å². The Morgan fingerprint density at radius 2 is 2.30 bits per heavy atom. The normalized spacial score (nSPS) is 19.6. The van der Waals surface area contributed by atoms with Gasteiger partial charge in [0.15, 0.2) is 0 Å². The molecule has 0 spiro atoms. The lowest BCUT2D eigenvalue weighted by Crippen LogP contribution is -2.31. The maximum atomic E-state index is 12.4. The molecule has 1 aromatic heterocycles. The standard InChI is InChI=1S/C12H22N4O2S2/c1-3-13-8-11-12(9(2)15-16-11)20(17,18)14-7-10-5-4-6-19-10/h10,13-14H,3-8H2,1-2H3,(H,15,16). The van der Waals surface area contributed by atoms with Crippen LogP contribution >= 0.6 is 11.8 Å². The van der Waals surface area contributed by atoms with Gasteiger partial charge in [-0.25, -0.2) is 13.1 Å². The average Bonchev–Trinajstić information content (AvgIpc) is 3.03. The van der Waals surface area contributed by atoms with Gasteiger partial charge in [0.25, 0.3) is 0 Å². The van der Waals surface area contributed by atoms with Gasteiger partial charge in [-0.05, 0) is 32.1 Å². The van der Waals surface area contributed by atoms with Crippen LogP contribution < -0.4 is 10.0 Å². The second-order valence-corrected chi connectivity index (χ2v) is 8.00. The van der Waals surface area contributed by atoms with E-state index in [1.54, 1.807) is 6.92 Å². The van der Waals surface area contributed by atoms with Crippen LogP contribution in [0.2, 0.25) is 0 Å². The summed E-state index contributed by atoms with van der Waals surface area (Å²) < 4.78 is 27.6. The third-order valence-electron chi connectivity index (χ3n) is 3.30. The largest absolute Gasteiger partial charge is 0.311 e. The van der Waals surface area contributed by atoms with E-state index in [1.807, 2.05) is 18.7 Å². The molecule has 1 fully saturated rings. The molecule has 1 saturated heterocycles. The van der Waals surface area contributed by atoms with Gasteiger partial charge in [0.2, 0.25) is 10.0 Å². The molecule has 1 aliphatic rings. The fourth-order valence-corrected chi connectivity index (χ4v) is 5.02. The molecule has 0 saturated carbocycles. The Balaban J connectivity index is 2.09. The number of H-pyrrole nitrogens is 1. The summed E-state index contributed by atoms with van der Waals surface area (Å²) in [6.45, 7) is 5.44. The summed E-state index contributed by atoms with van der Waals surface area (Å²) in [5.74, 6) is 1.13. The minimum Gasteiger partial charge on any atom is -0.311 e. The number of nitrogens with one attached hydrogen (secondary N) is 3. The first-order chi connectivity index (χ1) is 9.54. The van der Waals surface area contributed by atoms with Crippen LogP contribution in [0.25, 0.3) is 0 Å². The third-order valence-corrected chi connectivity index (χ3v) is 6.32. The molecule has 8 heteroatoms. The average molecular weight is 318 g/mol. The predicted molar refractivity (Wildman–Crippen MR) is 81.4 cm³/mol. The zero-order valence-electron chi connectivity index (χ0n) is 11.9. The Kier molecular flexibility index (Phi) is 5.48. The number of rotatable bonds is 7. The van der Waals surface area contributed by atoms with Crippen molar-refractivity contribution >= 4 is 21.8 Å². The second-order valence-electron chi connectivity index (χ2n) is 4.89. The van der Waals surface area contributed by atoms with E-state index in [0.29, 0.717) is 34.6 Å². The lowest BCUT2D eigenvalue weighted by atomic mass is 10.2. The Morgan fingerprint density at radius 1 is 1.50 bits per heavy atom. The Bertz CT molecular complexity index is 536. The first-order valence-electron chi connectivity index (χ1n) is 6.90. The molecule has 2 heterocycles. The van der Waals surface area contributed by atoms with E-state index in [2.05, 4.69) is 20.2 Å². The molecule has 0 radical (unpaired) electrons. The molecule has 0 aromatic carbocycles. The smallest absolute Gasteiger partial charge is 0.244 e. The Labute approximate surface area is 124 Å². The van der Waals surface area contributed by atoms with E-state index in [9.17, 15) is 8.42 Å². The predicted octanol–water partition coefficient (Wildman–Crippen LogP) is 1.00. The van der Waals surface area contributed by atoms with E-state index in [1.165, 1.54) is 6.42 Å². The van der Waals surface area contributed by atoms with E-state index < -0.39 is 10.0 Å². The first kappa shape index (κ1) is 15.8. The molecule has 0 aliphatic carbocycles. The van der Waals surface area contributed by atoms with Gasteiger partial charge in [0, 0.05) is 18.3 Å². The highest BCUT2D eigenvalue weighted by Gasteiger charge is 2.25. The van der Waals surface area contributed by atoms with Gasteiger partial charge >= 0.3 is 0 Å². The van der Waals surface area contributed by atoms with Crippen LogP contribution in [-0.2, 0) is 16.6 Å². The fourth-order valence-electron chi connectivity index (χ4n) is 2.27. The van der Waals surface area contributed by atoms with Gasteiger partial charge in [0.05, 0.1) is 11.4 Å². The zero-order valence-corrected chi connectivity index (χ0v) is 13.5. The van der Waals surface area contributed by atoms with Crippen molar-refractivity contribution in [2.45, 2.75) is 43.4 Å². The van der Waals surface area contributed by atoms with E-state index in [4.69, 9.17) is 0 Å². The summed E-state index contributed by atoms with van der Waals surface area (Å²) in [6.07, 6.45) is 2.26. The summed E-state index contributed by atoms with van der Waals surface area (Å²) in [6, 6.07) is 0. The quantitative estimate of drug-likeness (QED) is 0.698. The van der Waals surface area contributed by atoms with E-state index in [-0.39, 0.29) is 0 Å². The first-order valence-corrected chi connectivity index (χ1v) is 9.43. The van der Waals surface area contributed by atoms with Crippen LogP contribution in [0, 0.1) is 6.92 Å². The second kappa shape index (κ2) is 6.93. The van der Waals surface area contributed by atoms with Crippen molar-refractivity contribution < 1.29 is 8.42 Å². The Morgan fingerprint density at radius 3 is 2.95 bits per heavy atom. The summed E-state index contributed by atoms with van der Waals surface area (Å²) in [7, 11) is -3.49. The number of hydrogen-bond acceptors (Lipinski definition) is 5. The molecule has 114 valence electrons. The monoisotopic (exact) mass is 318 g/mol. The number of hydrogen-bond donors (Lipinski definition) is 3. The van der Waals surface area contributed by atoms with Crippen molar-refractivity contribution in [1.82, 2.24) is 20.2 Å². The summed E-state index contributed by atoms with van der Waals surface area (Å²) in [4.78, 5) is 0.293. The molecular formula is C12H22N4O2S2. The maximum absolute atomic E-state index is 12.4. The minimum absolute atomic E-state index is 0.293. The highest BCUT2D eigenvalue weighted by atomic mass is 32.2. The zero-order chi connectivity index (χ0) is 14.6. The van der Waals surface area contributed by atoms with Crippen LogP contribution in [0.4, 0.5) is 0 Å². The molecule has 1 aromatic rings. The molecule has 2 rings (SSSR count). The van der Waals surface area contributed by atoms with Gasteiger partial charge in [-0.1, -0.05) is 6.92 Å². The summed E-state index contributed by atoms with van der Waals surface area (Å²) in [5, 5.41) is 10.4. The highest BCUT2D eigenvalue weighted by Crippen LogP contribution is 2.26. The molecule has 6 nitrogen and oxygen atoms in total. The molecule has 1 aliphatic heterocycles. The number of nitrogens with zero attached hydrogens (tertiary/aromatic N) is 1. The SMILES string of the molecule is CCNCc1n[nH]c(C)c1S(=O)(=O)NCC1CCCS1. The molecule has 1 unspecified atom stereocenters. The van der Waals surface area contributed by atoms with Crippen LogP contribution in [0.5, 0.6) is 0 Å². The summed E-state index contributed by atoms with van der Waals surface area (Å²) >= 11 is 1.84. The van der Waals surface area contributed by atoms with Crippen molar-refractivity contribution in [2.24, 2.45) is 0 Å². The van der Waals surface area contributed by atoms with Crippen LogP contribution in [0.15, 0.2) is 4.90 Å². The topological polar surface area (TPSA) is 86.9 Å². The molecular weight excluding hydrogens is 296 g/mol. The van der Waals surface area contributed by atoms with Crippen molar-refractivity contribution in [1.29, 1.82) is 0 Å². The van der Waals surface area contributed by atoms with Gasteiger partial charge in [-0.3, -0.25) is 5.10 Å². The van der Waals surface area contributed by atoms with Crippen molar-refractivity contribution in [3.05, 3.63) is 11.4 Å². The van der Waals surface area contributed by atoms with Gasteiger partial charge < -0.3 is 5.32 Å². The molecule has 20 heavy (non-hydrogen) atoms. The minimum atomic E-state index is -3.49. The maximum Gasteiger partial charge on any atom is 0.244 e. The molecule has 0 amide bonds.